The molecule has 0 saturated heterocycles. The minimum absolute atomic E-state index is 0.147. The van der Waals surface area contributed by atoms with Gasteiger partial charge in [-0.1, -0.05) is 81.8 Å². The van der Waals surface area contributed by atoms with E-state index in [0.717, 1.165) is 21.2 Å². The molecule has 0 fully saturated rings. The molecule has 0 saturated carbocycles. The SMILES string of the molecule is Cn1c(SCC(=O)N/N=C/c2ccccc2OCc2ccc(Cl)cc2)nnc1-c1ccccc1Br. The number of halogens is 2. The molecule has 4 rings (SSSR count). The summed E-state index contributed by atoms with van der Waals surface area (Å²) in [4.78, 5) is 12.3. The number of amides is 1. The number of thioether (sulfide) groups is 1. The molecule has 0 aliphatic rings. The van der Waals surface area contributed by atoms with E-state index in [9.17, 15) is 4.79 Å². The van der Waals surface area contributed by atoms with Gasteiger partial charge in [-0.15, -0.1) is 10.2 Å². The summed E-state index contributed by atoms with van der Waals surface area (Å²) in [6.45, 7) is 0.393. The lowest BCUT2D eigenvalue weighted by atomic mass is 10.2. The zero-order valence-corrected chi connectivity index (χ0v) is 21.8. The Morgan fingerprint density at radius 2 is 1.86 bits per heavy atom. The van der Waals surface area contributed by atoms with E-state index in [4.69, 9.17) is 16.3 Å². The summed E-state index contributed by atoms with van der Waals surface area (Å²) in [5.41, 5.74) is 5.23. The molecule has 178 valence electrons. The van der Waals surface area contributed by atoms with E-state index in [2.05, 4.69) is 36.7 Å². The topological polar surface area (TPSA) is 81.4 Å². The van der Waals surface area contributed by atoms with Crippen molar-refractivity contribution in [3.8, 4) is 17.1 Å². The zero-order valence-electron chi connectivity index (χ0n) is 18.7. The third kappa shape index (κ3) is 6.72. The second kappa shape index (κ2) is 12.0. The van der Waals surface area contributed by atoms with Crippen LogP contribution in [-0.4, -0.2) is 32.6 Å². The molecule has 0 spiro atoms. The number of carbonyl (C=O) groups excluding carboxylic acids is 1. The van der Waals surface area contributed by atoms with Gasteiger partial charge in [0.25, 0.3) is 5.91 Å². The summed E-state index contributed by atoms with van der Waals surface area (Å²) in [6, 6.07) is 22.7. The Hall–Kier alpha value is -3.14. The lowest BCUT2D eigenvalue weighted by molar-refractivity contribution is -0.118. The van der Waals surface area contributed by atoms with Crippen molar-refractivity contribution in [2.24, 2.45) is 12.1 Å². The van der Waals surface area contributed by atoms with Gasteiger partial charge < -0.3 is 9.30 Å². The fraction of sp³-hybridized carbons (Fsp3) is 0.120. The largest absolute Gasteiger partial charge is 0.488 e. The lowest BCUT2D eigenvalue weighted by Gasteiger charge is -2.09. The van der Waals surface area contributed by atoms with Gasteiger partial charge in [0.15, 0.2) is 11.0 Å². The molecule has 0 radical (unpaired) electrons. The number of para-hydroxylation sites is 1. The van der Waals surface area contributed by atoms with Gasteiger partial charge in [-0.3, -0.25) is 4.79 Å². The highest BCUT2D eigenvalue weighted by molar-refractivity contribution is 9.10. The summed E-state index contributed by atoms with van der Waals surface area (Å²) in [6.07, 6.45) is 1.56. The van der Waals surface area contributed by atoms with E-state index in [1.165, 1.54) is 11.8 Å². The Balaban J connectivity index is 1.31. The Kier molecular flexibility index (Phi) is 8.57. The summed E-state index contributed by atoms with van der Waals surface area (Å²) in [7, 11) is 1.87. The van der Waals surface area contributed by atoms with Gasteiger partial charge in [0.1, 0.15) is 12.4 Å². The third-order valence-electron chi connectivity index (χ3n) is 4.90. The number of rotatable bonds is 9. The van der Waals surface area contributed by atoms with Gasteiger partial charge in [0, 0.05) is 27.7 Å². The number of carbonyl (C=O) groups is 1. The lowest BCUT2D eigenvalue weighted by Crippen LogP contribution is -2.20. The molecule has 0 unspecified atom stereocenters. The van der Waals surface area contributed by atoms with Gasteiger partial charge >= 0.3 is 0 Å². The predicted octanol–water partition coefficient (Wildman–Crippen LogP) is 5.72. The molecule has 1 amide bonds. The number of benzene rings is 3. The maximum atomic E-state index is 12.3. The highest BCUT2D eigenvalue weighted by Gasteiger charge is 2.14. The van der Waals surface area contributed by atoms with E-state index in [1.54, 1.807) is 6.21 Å². The predicted molar refractivity (Wildman–Crippen MR) is 143 cm³/mol. The summed E-state index contributed by atoms with van der Waals surface area (Å²) in [5.74, 6) is 1.27. The quantitative estimate of drug-likeness (QED) is 0.158. The summed E-state index contributed by atoms with van der Waals surface area (Å²) >= 11 is 10.8. The number of hydrogen-bond donors (Lipinski definition) is 1. The van der Waals surface area contributed by atoms with Crippen LogP contribution in [-0.2, 0) is 18.4 Å². The molecular formula is C25H21BrClN5O2S. The van der Waals surface area contributed by atoms with Gasteiger partial charge in [-0.2, -0.15) is 5.10 Å². The Morgan fingerprint density at radius 1 is 1.11 bits per heavy atom. The highest BCUT2D eigenvalue weighted by atomic mass is 79.9. The van der Waals surface area contributed by atoms with Gasteiger partial charge in [0.05, 0.1) is 12.0 Å². The normalized spacial score (nSPS) is 11.1. The fourth-order valence-electron chi connectivity index (χ4n) is 3.11. The van der Waals surface area contributed by atoms with Gasteiger partial charge in [0.2, 0.25) is 0 Å². The van der Waals surface area contributed by atoms with Crippen LogP contribution in [0.4, 0.5) is 0 Å². The first kappa shape index (κ1) is 25.0. The summed E-state index contributed by atoms with van der Waals surface area (Å²) < 4.78 is 8.70. The fourth-order valence-corrected chi connectivity index (χ4v) is 4.41. The van der Waals surface area contributed by atoms with Crippen molar-refractivity contribution in [1.29, 1.82) is 0 Å². The molecule has 10 heteroatoms. The second-order valence-corrected chi connectivity index (χ2v) is 9.61. The molecule has 35 heavy (non-hydrogen) atoms. The molecule has 1 heterocycles. The molecular weight excluding hydrogens is 550 g/mol. The van der Waals surface area contributed by atoms with Crippen LogP contribution in [0.2, 0.25) is 5.02 Å². The number of ether oxygens (including phenoxy) is 1. The van der Waals surface area contributed by atoms with Crippen LogP contribution >= 0.6 is 39.3 Å². The third-order valence-corrected chi connectivity index (χ3v) is 6.87. The Labute approximate surface area is 220 Å². The summed E-state index contributed by atoms with van der Waals surface area (Å²) in [5, 5.41) is 13.9. The average Bonchev–Trinajstić information content (AvgIpc) is 3.23. The van der Waals surface area contributed by atoms with Gasteiger partial charge in [-0.25, -0.2) is 5.43 Å². The van der Waals surface area contributed by atoms with E-state index >= 15 is 0 Å². The molecule has 1 aromatic heterocycles. The standard InChI is InChI=1S/C25H21BrClN5O2S/c1-32-24(20-7-3-4-8-21(20)26)30-31-25(32)35-16-23(33)29-28-14-18-6-2-5-9-22(18)34-15-17-10-12-19(27)13-11-17/h2-14H,15-16H2,1H3,(H,29,33)/b28-14+. The molecule has 3 aromatic carbocycles. The number of nitrogens with zero attached hydrogens (tertiary/aromatic N) is 4. The monoisotopic (exact) mass is 569 g/mol. The molecule has 0 aliphatic carbocycles. The molecule has 7 nitrogen and oxygen atoms in total. The van der Waals surface area contributed by atoms with Crippen molar-refractivity contribution in [3.05, 3.63) is 93.4 Å². The van der Waals surface area contributed by atoms with Crippen LogP contribution in [0.15, 0.2) is 87.5 Å². The first-order valence-electron chi connectivity index (χ1n) is 10.6. The molecule has 0 bridgehead atoms. The van der Waals surface area contributed by atoms with E-state index in [-0.39, 0.29) is 11.7 Å². The van der Waals surface area contributed by atoms with Crippen molar-refractivity contribution in [2.45, 2.75) is 11.8 Å². The minimum Gasteiger partial charge on any atom is -0.488 e. The number of hydrogen-bond acceptors (Lipinski definition) is 6. The number of nitrogens with one attached hydrogen (secondary N) is 1. The van der Waals surface area contributed by atoms with Crippen molar-refractivity contribution < 1.29 is 9.53 Å². The van der Waals surface area contributed by atoms with E-state index < -0.39 is 0 Å². The van der Waals surface area contributed by atoms with Gasteiger partial charge in [-0.05, 0) is 35.9 Å². The maximum Gasteiger partial charge on any atom is 0.250 e. The van der Waals surface area contributed by atoms with Crippen molar-refractivity contribution in [1.82, 2.24) is 20.2 Å². The number of hydrazone groups is 1. The van der Waals surface area contributed by atoms with Crippen LogP contribution in [0.3, 0.4) is 0 Å². The number of aromatic nitrogens is 3. The molecule has 1 N–H and O–H groups in total. The van der Waals surface area contributed by atoms with Crippen LogP contribution in [0, 0.1) is 0 Å². The molecule has 0 atom stereocenters. The maximum absolute atomic E-state index is 12.3. The van der Waals surface area contributed by atoms with Crippen molar-refractivity contribution >= 4 is 51.4 Å². The highest BCUT2D eigenvalue weighted by Crippen LogP contribution is 2.28. The van der Waals surface area contributed by atoms with E-state index in [0.29, 0.717) is 28.4 Å². The minimum atomic E-state index is -0.253. The van der Waals surface area contributed by atoms with E-state index in [1.807, 2.05) is 84.4 Å². The Bertz CT molecular complexity index is 1340. The Morgan fingerprint density at radius 3 is 2.66 bits per heavy atom. The second-order valence-electron chi connectivity index (χ2n) is 7.38. The van der Waals surface area contributed by atoms with Crippen LogP contribution in [0.5, 0.6) is 5.75 Å². The van der Waals surface area contributed by atoms with Crippen LogP contribution in [0.25, 0.3) is 11.4 Å². The first-order valence-corrected chi connectivity index (χ1v) is 12.7. The van der Waals surface area contributed by atoms with Crippen molar-refractivity contribution in [2.75, 3.05) is 5.75 Å². The molecule has 0 aliphatic heterocycles. The first-order chi connectivity index (χ1) is 17.0. The smallest absolute Gasteiger partial charge is 0.250 e. The molecule has 4 aromatic rings. The van der Waals surface area contributed by atoms with Crippen LogP contribution < -0.4 is 10.2 Å². The van der Waals surface area contributed by atoms with Crippen molar-refractivity contribution in [3.63, 3.8) is 0 Å². The average molecular weight is 571 g/mol. The van der Waals surface area contributed by atoms with Crippen LogP contribution in [0.1, 0.15) is 11.1 Å². The zero-order chi connectivity index (χ0) is 24.6.